The highest BCUT2D eigenvalue weighted by Crippen LogP contribution is 2.20. The molecule has 1 atom stereocenters. The number of carbonyl (C=O) groups excluding carboxylic acids is 2. The molecular weight excluding hydrogens is 374 g/mol. The highest BCUT2D eigenvalue weighted by Gasteiger charge is 2.21. The third-order valence-electron chi connectivity index (χ3n) is 4.78. The standard InChI is InChI=1S/C22H22ClN3O2/c1-4-26-15(3)20(13-24-26)14(2)25-22(28)19-8-6-5-7-18(19)21(27)16-9-11-17(23)12-10-16/h5-14H,4H2,1-3H3,(H,25,28). The summed E-state index contributed by atoms with van der Waals surface area (Å²) >= 11 is 5.90. The zero-order valence-electron chi connectivity index (χ0n) is 16.1. The van der Waals surface area contributed by atoms with E-state index in [4.69, 9.17) is 11.6 Å². The normalized spacial score (nSPS) is 11.9. The Balaban J connectivity index is 1.85. The highest BCUT2D eigenvalue weighted by atomic mass is 35.5. The van der Waals surface area contributed by atoms with E-state index in [1.54, 1.807) is 54.7 Å². The van der Waals surface area contributed by atoms with E-state index in [1.807, 2.05) is 25.5 Å². The molecule has 0 saturated heterocycles. The Morgan fingerprint density at radius 3 is 2.36 bits per heavy atom. The fraction of sp³-hybridized carbons (Fsp3) is 0.227. The van der Waals surface area contributed by atoms with Crippen LogP contribution < -0.4 is 5.32 Å². The summed E-state index contributed by atoms with van der Waals surface area (Å²) in [6, 6.07) is 13.2. The molecule has 1 amide bonds. The molecule has 0 fully saturated rings. The fourth-order valence-electron chi connectivity index (χ4n) is 3.19. The number of aromatic nitrogens is 2. The summed E-state index contributed by atoms with van der Waals surface area (Å²) in [5.74, 6) is -0.515. The van der Waals surface area contributed by atoms with Crippen LogP contribution in [0.1, 0.15) is 57.4 Å². The summed E-state index contributed by atoms with van der Waals surface area (Å²) in [7, 11) is 0. The minimum atomic E-state index is -0.297. The van der Waals surface area contributed by atoms with Gasteiger partial charge in [0.1, 0.15) is 0 Å². The first-order chi connectivity index (χ1) is 13.4. The maximum absolute atomic E-state index is 12.9. The highest BCUT2D eigenvalue weighted by molar-refractivity contribution is 6.30. The molecule has 0 aliphatic rings. The topological polar surface area (TPSA) is 64.0 Å². The first-order valence-electron chi connectivity index (χ1n) is 9.14. The van der Waals surface area contributed by atoms with Crippen LogP contribution in [0, 0.1) is 6.92 Å². The molecule has 1 unspecified atom stereocenters. The smallest absolute Gasteiger partial charge is 0.252 e. The van der Waals surface area contributed by atoms with Crippen LogP contribution in [0.25, 0.3) is 0 Å². The minimum Gasteiger partial charge on any atom is -0.345 e. The Labute approximate surface area is 169 Å². The summed E-state index contributed by atoms with van der Waals surface area (Å²) in [5.41, 5.74) is 3.15. The lowest BCUT2D eigenvalue weighted by atomic mass is 9.97. The first-order valence-corrected chi connectivity index (χ1v) is 9.52. The number of amides is 1. The van der Waals surface area contributed by atoms with Gasteiger partial charge in [-0.25, -0.2) is 0 Å². The van der Waals surface area contributed by atoms with E-state index in [9.17, 15) is 9.59 Å². The quantitative estimate of drug-likeness (QED) is 0.621. The predicted molar refractivity (Wildman–Crippen MR) is 110 cm³/mol. The SMILES string of the molecule is CCn1ncc(C(C)NC(=O)c2ccccc2C(=O)c2ccc(Cl)cc2)c1C. The van der Waals surface area contributed by atoms with Gasteiger partial charge in [-0.15, -0.1) is 0 Å². The third-order valence-corrected chi connectivity index (χ3v) is 5.03. The number of nitrogens with one attached hydrogen (secondary N) is 1. The Kier molecular flexibility index (Phi) is 5.95. The molecule has 3 aromatic rings. The molecule has 1 aromatic heterocycles. The summed E-state index contributed by atoms with van der Waals surface area (Å²) in [4.78, 5) is 25.8. The van der Waals surface area contributed by atoms with E-state index >= 15 is 0 Å². The maximum Gasteiger partial charge on any atom is 0.252 e. The van der Waals surface area contributed by atoms with Crippen LogP contribution in [-0.4, -0.2) is 21.5 Å². The largest absolute Gasteiger partial charge is 0.345 e. The Bertz CT molecular complexity index is 1010. The van der Waals surface area contributed by atoms with Crippen molar-refractivity contribution in [2.75, 3.05) is 0 Å². The van der Waals surface area contributed by atoms with Gasteiger partial charge in [-0.1, -0.05) is 29.8 Å². The fourth-order valence-corrected chi connectivity index (χ4v) is 3.32. The van der Waals surface area contributed by atoms with Gasteiger partial charge in [0, 0.05) is 34.0 Å². The van der Waals surface area contributed by atoms with Gasteiger partial charge in [0.15, 0.2) is 5.78 Å². The summed E-state index contributed by atoms with van der Waals surface area (Å²) in [6.07, 6.45) is 1.77. The second-order valence-corrected chi connectivity index (χ2v) is 7.01. The van der Waals surface area contributed by atoms with Gasteiger partial charge < -0.3 is 5.32 Å². The van der Waals surface area contributed by atoms with E-state index < -0.39 is 0 Å². The molecule has 1 N–H and O–H groups in total. The number of hydrogen-bond acceptors (Lipinski definition) is 3. The molecule has 6 heteroatoms. The van der Waals surface area contributed by atoms with Gasteiger partial charge in [0.2, 0.25) is 0 Å². The van der Waals surface area contributed by atoms with Crippen molar-refractivity contribution in [2.45, 2.75) is 33.4 Å². The van der Waals surface area contributed by atoms with Crippen LogP contribution in [-0.2, 0) is 6.54 Å². The van der Waals surface area contributed by atoms with Gasteiger partial charge in [-0.3, -0.25) is 14.3 Å². The van der Waals surface area contributed by atoms with E-state index in [1.165, 1.54) is 0 Å². The average Bonchev–Trinajstić information content (AvgIpc) is 3.08. The van der Waals surface area contributed by atoms with E-state index in [0.717, 1.165) is 17.8 Å². The van der Waals surface area contributed by atoms with Gasteiger partial charge in [-0.2, -0.15) is 5.10 Å². The van der Waals surface area contributed by atoms with Crippen molar-refractivity contribution in [3.8, 4) is 0 Å². The number of benzene rings is 2. The monoisotopic (exact) mass is 395 g/mol. The number of rotatable bonds is 6. The van der Waals surface area contributed by atoms with Crippen LogP contribution in [0.4, 0.5) is 0 Å². The van der Waals surface area contributed by atoms with Crippen LogP contribution in [0.3, 0.4) is 0 Å². The van der Waals surface area contributed by atoms with Crippen LogP contribution in [0.5, 0.6) is 0 Å². The molecule has 0 spiro atoms. The number of hydrogen-bond donors (Lipinski definition) is 1. The third kappa shape index (κ3) is 3.99. The molecule has 2 aromatic carbocycles. The number of ketones is 1. The zero-order valence-corrected chi connectivity index (χ0v) is 16.8. The van der Waals surface area contributed by atoms with Gasteiger partial charge in [-0.05, 0) is 51.1 Å². The Morgan fingerprint density at radius 1 is 1.11 bits per heavy atom. The van der Waals surface area contributed by atoms with Crippen molar-refractivity contribution in [3.05, 3.63) is 87.7 Å². The van der Waals surface area contributed by atoms with Gasteiger partial charge >= 0.3 is 0 Å². The molecule has 0 saturated carbocycles. The molecule has 28 heavy (non-hydrogen) atoms. The summed E-state index contributed by atoms with van der Waals surface area (Å²) in [5, 5.41) is 7.86. The molecule has 0 bridgehead atoms. The zero-order chi connectivity index (χ0) is 20.3. The van der Waals surface area contributed by atoms with Crippen molar-refractivity contribution in [3.63, 3.8) is 0 Å². The summed E-state index contributed by atoms with van der Waals surface area (Å²) < 4.78 is 1.88. The first kappa shape index (κ1) is 19.8. The molecule has 144 valence electrons. The number of nitrogens with zero attached hydrogens (tertiary/aromatic N) is 2. The number of aryl methyl sites for hydroxylation is 1. The van der Waals surface area contributed by atoms with Crippen molar-refractivity contribution in [1.29, 1.82) is 0 Å². The Morgan fingerprint density at radius 2 is 1.75 bits per heavy atom. The lowest BCUT2D eigenvalue weighted by Gasteiger charge is -2.15. The molecule has 1 heterocycles. The second kappa shape index (κ2) is 8.40. The van der Waals surface area contributed by atoms with E-state index in [-0.39, 0.29) is 17.7 Å². The molecule has 0 aliphatic carbocycles. The number of carbonyl (C=O) groups is 2. The molecular formula is C22H22ClN3O2. The van der Waals surface area contributed by atoms with Crippen LogP contribution in [0.15, 0.2) is 54.7 Å². The van der Waals surface area contributed by atoms with Crippen molar-refractivity contribution >= 4 is 23.3 Å². The predicted octanol–water partition coefficient (Wildman–Crippen LogP) is 4.59. The molecule has 0 aliphatic heterocycles. The van der Waals surface area contributed by atoms with Crippen molar-refractivity contribution in [2.24, 2.45) is 0 Å². The van der Waals surface area contributed by atoms with E-state index in [0.29, 0.717) is 21.7 Å². The van der Waals surface area contributed by atoms with Crippen molar-refractivity contribution in [1.82, 2.24) is 15.1 Å². The van der Waals surface area contributed by atoms with Crippen LogP contribution >= 0.6 is 11.6 Å². The lowest BCUT2D eigenvalue weighted by Crippen LogP contribution is -2.28. The van der Waals surface area contributed by atoms with E-state index in [2.05, 4.69) is 10.4 Å². The van der Waals surface area contributed by atoms with Gasteiger partial charge in [0.25, 0.3) is 5.91 Å². The molecule has 5 nitrogen and oxygen atoms in total. The minimum absolute atomic E-state index is 0.218. The molecule has 0 radical (unpaired) electrons. The lowest BCUT2D eigenvalue weighted by molar-refractivity contribution is 0.0929. The van der Waals surface area contributed by atoms with Crippen LogP contribution in [0.2, 0.25) is 5.02 Å². The Hall–Kier alpha value is -2.92. The second-order valence-electron chi connectivity index (χ2n) is 6.58. The maximum atomic E-state index is 12.9. The van der Waals surface area contributed by atoms with Gasteiger partial charge in [0.05, 0.1) is 17.8 Å². The average molecular weight is 396 g/mol. The van der Waals surface area contributed by atoms with Crippen molar-refractivity contribution < 1.29 is 9.59 Å². The molecule has 3 rings (SSSR count). The summed E-state index contributed by atoms with van der Waals surface area (Å²) in [6.45, 7) is 6.68. The number of halogens is 1.